The number of carboxylic acid groups (broad SMARTS) is 1. The molecule has 2 aromatic rings. The average molecular weight is 497 g/mol. The molecule has 0 amide bonds. The second-order valence-electron chi connectivity index (χ2n) is 8.51. The Bertz CT molecular complexity index is 976. The lowest BCUT2D eigenvalue weighted by Gasteiger charge is -2.21. The van der Waals surface area contributed by atoms with Crippen LogP contribution in [-0.4, -0.2) is 49.7 Å². The minimum atomic E-state index is -4.64. The fourth-order valence-electron chi connectivity index (χ4n) is 3.65. The number of hydrogen-bond donors (Lipinski definition) is 1. The number of nitrogens with zero attached hydrogens (tertiary/aromatic N) is 2. The van der Waals surface area contributed by atoms with E-state index in [1.54, 1.807) is 11.9 Å². The predicted molar refractivity (Wildman–Crippen MR) is 125 cm³/mol. The summed E-state index contributed by atoms with van der Waals surface area (Å²) in [5.74, 6) is -0.679. The maximum Gasteiger partial charge on any atom is 0.421 e. The van der Waals surface area contributed by atoms with Crippen LogP contribution in [0.1, 0.15) is 48.5 Å². The van der Waals surface area contributed by atoms with E-state index in [4.69, 9.17) is 9.47 Å². The molecule has 1 aromatic carbocycles. The summed E-state index contributed by atoms with van der Waals surface area (Å²) in [4.78, 5) is 27.1. The molecule has 0 unspecified atom stereocenters. The zero-order valence-corrected chi connectivity index (χ0v) is 20.0. The van der Waals surface area contributed by atoms with Crippen LogP contribution in [0.25, 0.3) is 0 Å². The van der Waals surface area contributed by atoms with E-state index >= 15 is 0 Å². The van der Waals surface area contributed by atoms with Gasteiger partial charge in [-0.1, -0.05) is 19.8 Å². The van der Waals surface area contributed by atoms with E-state index in [0.29, 0.717) is 24.8 Å². The third-order valence-electron chi connectivity index (χ3n) is 5.78. The number of benzene rings is 1. The number of halogens is 3. The number of aldehydes is 1. The van der Waals surface area contributed by atoms with Crippen molar-refractivity contribution in [3.63, 3.8) is 0 Å². The Morgan fingerprint density at radius 2 is 1.91 bits per heavy atom. The van der Waals surface area contributed by atoms with Gasteiger partial charge >= 0.3 is 12.1 Å². The highest BCUT2D eigenvalue weighted by molar-refractivity contribution is 5.95. The largest absolute Gasteiger partial charge is 0.478 e. The molecule has 192 valence electrons. The first-order valence-corrected chi connectivity index (χ1v) is 11.3. The molecule has 1 aromatic heterocycles. The number of aromatic nitrogens is 1. The highest BCUT2D eigenvalue weighted by Gasteiger charge is 2.35. The number of ether oxygens (including phenoxy) is 2. The van der Waals surface area contributed by atoms with Crippen LogP contribution in [0.4, 0.5) is 18.9 Å². The van der Waals surface area contributed by atoms with Crippen molar-refractivity contribution in [1.82, 2.24) is 4.98 Å². The summed E-state index contributed by atoms with van der Waals surface area (Å²) in [5, 5.41) is 9.41. The summed E-state index contributed by atoms with van der Waals surface area (Å²) in [6.45, 7) is 3.09. The van der Waals surface area contributed by atoms with Gasteiger partial charge in [0.25, 0.3) is 0 Å². The molecule has 0 bridgehead atoms. The van der Waals surface area contributed by atoms with Crippen molar-refractivity contribution >= 4 is 17.9 Å². The zero-order valence-electron chi connectivity index (χ0n) is 20.0. The molecule has 0 radical (unpaired) electrons. The van der Waals surface area contributed by atoms with Crippen LogP contribution in [0, 0.1) is 11.8 Å². The Morgan fingerprint density at radius 3 is 2.49 bits per heavy atom. The third-order valence-corrected chi connectivity index (χ3v) is 5.78. The normalized spacial score (nSPS) is 17.7. The minimum Gasteiger partial charge on any atom is -0.478 e. The molecule has 0 atom stereocenters. The molecule has 0 spiro atoms. The molecular formula is C25H31F3N2O5. The zero-order chi connectivity index (χ0) is 26.0. The van der Waals surface area contributed by atoms with Crippen LogP contribution in [0.15, 0.2) is 36.5 Å². The first kappa shape index (κ1) is 28.1. The van der Waals surface area contributed by atoms with E-state index in [-0.39, 0.29) is 11.3 Å². The molecule has 1 aliphatic rings. The Labute approximate surface area is 202 Å². The minimum absolute atomic E-state index is 0.0597. The van der Waals surface area contributed by atoms with Gasteiger partial charge in [-0.15, -0.1) is 0 Å². The Kier molecular flexibility index (Phi) is 10.5. The Morgan fingerprint density at radius 1 is 1.23 bits per heavy atom. The van der Waals surface area contributed by atoms with Crippen LogP contribution in [0.2, 0.25) is 0 Å². The number of alkyl halides is 3. The molecule has 0 saturated heterocycles. The van der Waals surface area contributed by atoms with Crippen molar-refractivity contribution < 1.29 is 37.3 Å². The molecule has 3 rings (SSSR count). The van der Waals surface area contributed by atoms with Crippen LogP contribution >= 0.6 is 0 Å². The Balaban J connectivity index is 0.000000402. The molecule has 1 N–H and O–H groups in total. The molecule has 1 aliphatic carbocycles. The molecular weight excluding hydrogens is 465 g/mol. The highest BCUT2D eigenvalue weighted by Crippen LogP contribution is 2.37. The van der Waals surface area contributed by atoms with Crippen molar-refractivity contribution in [3.05, 3.63) is 47.7 Å². The summed E-state index contributed by atoms with van der Waals surface area (Å²) in [7, 11) is 3.20. The number of likely N-dealkylation sites (N-methyl/N-ethyl adjacent to an activating group) is 1. The topological polar surface area (TPSA) is 89.0 Å². The first-order valence-electron chi connectivity index (χ1n) is 11.3. The van der Waals surface area contributed by atoms with E-state index in [9.17, 15) is 27.9 Å². The van der Waals surface area contributed by atoms with Gasteiger partial charge in [0.15, 0.2) is 0 Å². The van der Waals surface area contributed by atoms with E-state index in [1.165, 1.54) is 32.1 Å². The lowest BCUT2D eigenvalue weighted by molar-refractivity contribution is -0.138. The number of rotatable bonds is 8. The second-order valence-corrected chi connectivity index (χ2v) is 8.51. The molecule has 1 saturated carbocycles. The van der Waals surface area contributed by atoms with Gasteiger partial charge < -0.3 is 24.3 Å². The quantitative estimate of drug-likeness (QED) is 0.470. The summed E-state index contributed by atoms with van der Waals surface area (Å²) >= 11 is 0. The van der Waals surface area contributed by atoms with Gasteiger partial charge in [0.2, 0.25) is 5.88 Å². The SMILES string of the molecule is CC1CCC(C=O)CC1.COCCN(C)c1ccc(Oc2ncccc2C(F)(F)F)cc1C(=O)O. The first-order chi connectivity index (χ1) is 16.6. The monoisotopic (exact) mass is 496 g/mol. The van der Waals surface area contributed by atoms with Crippen LogP contribution in [-0.2, 0) is 15.7 Å². The molecule has 35 heavy (non-hydrogen) atoms. The smallest absolute Gasteiger partial charge is 0.421 e. The third kappa shape index (κ3) is 8.54. The van der Waals surface area contributed by atoms with Gasteiger partial charge in [-0.3, -0.25) is 0 Å². The maximum absolute atomic E-state index is 13.0. The number of anilines is 1. The van der Waals surface area contributed by atoms with Gasteiger partial charge in [-0.2, -0.15) is 13.2 Å². The summed E-state index contributed by atoms with van der Waals surface area (Å²) in [5.41, 5.74) is -0.761. The summed E-state index contributed by atoms with van der Waals surface area (Å²) in [6, 6.07) is 6.00. The molecule has 1 heterocycles. The van der Waals surface area contributed by atoms with E-state index < -0.39 is 23.6 Å². The summed E-state index contributed by atoms with van der Waals surface area (Å²) < 4.78 is 49.2. The lowest BCUT2D eigenvalue weighted by atomic mass is 9.84. The average Bonchev–Trinajstić information content (AvgIpc) is 2.83. The van der Waals surface area contributed by atoms with E-state index in [0.717, 1.165) is 49.4 Å². The van der Waals surface area contributed by atoms with Gasteiger partial charge in [0.05, 0.1) is 17.9 Å². The molecule has 10 heteroatoms. The van der Waals surface area contributed by atoms with Crippen molar-refractivity contribution in [1.29, 1.82) is 0 Å². The second kappa shape index (κ2) is 13.1. The maximum atomic E-state index is 13.0. The molecule has 0 aliphatic heterocycles. The highest BCUT2D eigenvalue weighted by atomic mass is 19.4. The predicted octanol–water partition coefficient (Wildman–Crippen LogP) is 5.69. The number of carbonyl (C=O) groups is 2. The van der Waals surface area contributed by atoms with Crippen molar-refractivity contribution in [2.75, 3.05) is 32.2 Å². The number of hydrogen-bond acceptors (Lipinski definition) is 6. The fourth-order valence-corrected chi connectivity index (χ4v) is 3.65. The number of methoxy groups -OCH3 is 1. The van der Waals surface area contributed by atoms with E-state index in [1.807, 2.05) is 0 Å². The van der Waals surface area contributed by atoms with Crippen molar-refractivity contribution in [3.8, 4) is 11.6 Å². The van der Waals surface area contributed by atoms with Crippen LogP contribution in [0.3, 0.4) is 0 Å². The van der Waals surface area contributed by atoms with Crippen LogP contribution in [0.5, 0.6) is 11.6 Å². The number of carbonyl (C=O) groups excluding carboxylic acids is 1. The van der Waals surface area contributed by atoms with Crippen molar-refractivity contribution in [2.24, 2.45) is 11.8 Å². The molecule has 1 fully saturated rings. The van der Waals surface area contributed by atoms with Crippen molar-refractivity contribution in [2.45, 2.75) is 38.8 Å². The molecule has 7 nitrogen and oxygen atoms in total. The van der Waals surface area contributed by atoms with Gasteiger partial charge in [-0.25, -0.2) is 9.78 Å². The van der Waals surface area contributed by atoms with Gasteiger partial charge in [-0.05, 0) is 49.1 Å². The number of pyridine rings is 1. The number of aromatic carboxylic acids is 1. The lowest BCUT2D eigenvalue weighted by Crippen LogP contribution is -2.24. The van der Waals surface area contributed by atoms with Gasteiger partial charge in [0.1, 0.15) is 17.6 Å². The van der Waals surface area contributed by atoms with E-state index in [2.05, 4.69) is 11.9 Å². The standard InChI is InChI=1S/C17H17F3N2O4.C8H14O/c1-22(8-9-25-2)14-6-5-11(10-12(14)16(23)24)26-15-13(17(18,19)20)4-3-7-21-15;1-7-2-4-8(6-9)5-3-7/h3-7,10H,8-9H2,1-2H3,(H,23,24);6-8H,2-5H2,1H3. The summed E-state index contributed by atoms with van der Waals surface area (Å²) in [6.07, 6.45) is 2.41. The number of carboxylic acids is 1. The Hall–Kier alpha value is -3.14. The van der Waals surface area contributed by atoms with Gasteiger partial charge in [0, 0.05) is 32.8 Å². The fraction of sp³-hybridized carbons (Fsp3) is 0.480. The van der Waals surface area contributed by atoms with Crippen LogP contribution < -0.4 is 9.64 Å².